The van der Waals surface area contributed by atoms with Gasteiger partial charge >= 0.3 is 0 Å². The highest BCUT2D eigenvalue weighted by atomic mass is 19.1. The van der Waals surface area contributed by atoms with E-state index in [4.69, 9.17) is 0 Å². The molecule has 0 saturated carbocycles. The van der Waals surface area contributed by atoms with Crippen molar-refractivity contribution in [1.82, 2.24) is 5.32 Å². The molecule has 2 nitrogen and oxygen atoms in total. The molecule has 2 N–H and O–H groups in total. The lowest BCUT2D eigenvalue weighted by molar-refractivity contribution is 0.618. The predicted octanol–water partition coefficient (Wildman–Crippen LogP) is 2.16. The third kappa shape index (κ3) is 3.34. The van der Waals surface area contributed by atoms with Crippen LogP contribution in [0, 0.1) is 12.7 Å². The van der Waals surface area contributed by atoms with Crippen molar-refractivity contribution in [3.05, 3.63) is 29.6 Å². The summed E-state index contributed by atoms with van der Waals surface area (Å²) < 4.78 is 12.9. The third-order valence-corrected chi connectivity index (χ3v) is 2.09. The Balaban J connectivity index is 2.39. The smallest absolute Gasteiger partial charge is 0.126 e. The van der Waals surface area contributed by atoms with Gasteiger partial charge in [0.15, 0.2) is 0 Å². The summed E-state index contributed by atoms with van der Waals surface area (Å²) >= 11 is 0. The number of hydrogen-bond acceptors (Lipinski definition) is 2. The number of halogens is 1. The first-order chi connectivity index (χ1) is 6.74. The van der Waals surface area contributed by atoms with Gasteiger partial charge in [-0.15, -0.1) is 0 Å². The molecule has 0 aliphatic carbocycles. The Labute approximate surface area is 84.5 Å². The molecule has 78 valence electrons. The molecule has 0 unspecified atom stereocenters. The van der Waals surface area contributed by atoms with Gasteiger partial charge in [-0.3, -0.25) is 0 Å². The zero-order chi connectivity index (χ0) is 10.4. The van der Waals surface area contributed by atoms with Gasteiger partial charge in [-0.1, -0.05) is 0 Å². The van der Waals surface area contributed by atoms with Gasteiger partial charge in [-0.05, 0) is 50.7 Å². The number of benzene rings is 1. The SMILES string of the molecule is CNCCCNc1ccc(F)c(C)c1. The van der Waals surface area contributed by atoms with Gasteiger partial charge in [-0.2, -0.15) is 0 Å². The summed E-state index contributed by atoms with van der Waals surface area (Å²) in [5.74, 6) is -0.147. The summed E-state index contributed by atoms with van der Waals surface area (Å²) in [7, 11) is 1.93. The van der Waals surface area contributed by atoms with E-state index in [2.05, 4.69) is 10.6 Å². The maximum Gasteiger partial charge on any atom is 0.126 e. The van der Waals surface area contributed by atoms with Crippen molar-refractivity contribution in [2.45, 2.75) is 13.3 Å². The van der Waals surface area contributed by atoms with Crippen molar-refractivity contribution in [3.8, 4) is 0 Å². The van der Waals surface area contributed by atoms with Crippen LogP contribution in [0.1, 0.15) is 12.0 Å². The van der Waals surface area contributed by atoms with E-state index in [1.165, 1.54) is 6.07 Å². The van der Waals surface area contributed by atoms with Gasteiger partial charge in [0.25, 0.3) is 0 Å². The molecule has 0 fully saturated rings. The Morgan fingerprint density at radius 2 is 2.07 bits per heavy atom. The summed E-state index contributed by atoms with van der Waals surface area (Å²) in [4.78, 5) is 0. The van der Waals surface area contributed by atoms with E-state index in [1.54, 1.807) is 13.0 Å². The Kier molecular flexibility index (Phi) is 4.40. The fourth-order valence-corrected chi connectivity index (χ4v) is 1.25. The van der Waals surface area contributed by atoms with Crippen LogP contribution in [0.25, 0.3) is 0 Å². The normalized spacial score (nSPS) is 10.2. The lowest BCUT2D eigenvalue weighted by Gasteiger charge is -2.07. The lowest BCUT2D eigenvalue weighted by Crippen LogP contribution is -2.12. The van der Waals surface area contributed by atoms with Gasteiger partial charge in [0.1, 0.15) is 5.82 Å². The van der Waals surface area contributed by atoms with Crippen LogP contribution in [-0.2, 0) is 0 Å². The standard InChI is InChI=1S/C11H17FN2/c1-9-8-10(4-5-11(9)12)14-7-3-6-13-2/h4-5,8,13-14H,3,6-7H2,1-2H3. The fraction of sp³-hybridized carbons (Fsp3) is 0.455. The second-order valence-corrected chi connectivity index (χ2v) is 3.35. The minimum Gasteiger partial charge on any atom is -0.385 e. The first-order valence-corrected chi connectivity index (χ1v) is 4.88. The molecule has 0 aromatic heterocycles. The van der Waals surface area contributed by atoms with E-state index in [9.17, 15) is 4.39 Å². The molecule has 1 aromatic rings. The second kappa shape index (κ2) is 5.60. The first kappa shape index (κ1) is 11.0. The first-order valence-electron chi connectivity index (χ1n) is 4.88. The molecule has 0 aliphatic rings. The average molecular weight is 196 g/mol. The van der Waals surface area contributed by atoms with Gasteiger partial charge in [0.05, 0.1) is 0 Å². The molecule has 0 amide bonds. The molecular weight excluding hydrogens is 179 g/mol. The Bertz CT molecular complexity index is 287. The van der Waals surface area contributed by atoms with Crippen LogP contribution in [0.15, 0.2) is 18.2 Å². The highest BCUT2D eigenvalue weighted by molar-refractivity contribution is 5.45. The minimum absolute atomic E-state index is 0.147. The van der Waals surface area contributed by atoms with Gasteiger partial charge in [0, 0.05) is 12.2 Å². The van der Waals surface area contributed by atoms with E-state index in [-0.39, 0.29) is 5.82 Å². The van der Waals surface area contributed by atoms with Crippen LogP contribution in [0.3, 0.4) is 0 Å². The van der Waals surface area contributed by atoms with E-state index in [0.29, 0.717) is 5.56 Å². The molecule has 1 aromatic carbocycles. The van der Waals surface area contributed by atoms with Crippen molar-refractivity contribution in [2.24, 2.45) is 0 Å². The van der Waals surface area contributed by atoms with Crippen LogP contribution in [-0.4, -0.2) is 20.1 Å². The zero-order valence-corrected chi connectivity index (χ0v) is 8.73. The third-order valence-electron chi connectivity index (χ3n) is 2.09. The highest BCUT2D eigenvalue weighted by Gasteiger charge is 1.97. The molecule has 14 heavy (non-hydrogen) atoms. The molecule has 0 atom stereocenters. The van der Waals surface area contributed by atoms with E-state index < -0.39 is 0 Å². The van der Waals surface area contributed by atoms with Crippen molar-refractivity contribution in [2.75, 3.05) is 25.5 Å². The maximum atomic E-state index is 12.9. The average Bonchev–Trinajstić information content (AvgIpc) is 2.18. The number of aryl methyl sites for hydroxylation is 1. The monoisotopic (exact) mass is 196 g/mol. The van der Waals surface area contributed by atoms with Crippen molar-refractivity contribution >= 4 is 5.69 Å². The van der Waals surface area contributed by atoms with Crippen LogP contribution in [0.4, 0.5) is 10.1 Å². The molecule has 0 aliphatic heterocycles. The van der Waals surface area contributed by atoms with Crippen molar-refractivity contribution in [1.29, 1.82) is 0 Å². The van der Waals surface area contributed by atoms with Crippen LogP contribution in [0.5, 0.6) is 0 Å². The quantitative estimate of drug-likeness (QED) is 0.705. The Morgan fingerprint density at radius 1 is 1.29 bits per heavy atom. The Morgan fingerprint density at radius 3 is 2.71 bits per heavy atom. The predicted molar refractivity (Wildman–Crippen MR) is 58.2 cm³/mol. The highest BCUT2D eigenvalue weighted by Crippen LogP contribution is 2.13. The van der Waals surface area contributed by atoms with Gasteiger partial charge in [0.2, 0.25) is 0 Å². The summed E-state index contributed by atoms with van der Waals surface area (Å²) in [5.41, 5.74) is 1.67. The van der Waals surface area contributed by atoms with Crippen LogP contribution >= 0.6 is 0 Å². The largest absolute Gasteiger partial charge is 0.385 e. The van der Waals surface area contributed by atoms with Crippen molar-refractivity contribution in [3.63, 3.8) is 0 Å². The van der Waals surface area contributed by atoms with E-state index in [0.717, 1.165) is 25.2 Å². The van der Waals surface area contributed by atoms with Gasteiger partial charge < -0.3 is 10.6 Å². The van der Waals surface area contributed by atoms with Crippen LogP contribution < -0.4 is 10.6 Å². The molecule has 0 heterocycles. The zero-order valence-electron chi connectivity index (χ0n) is 8.73. The molecule has 3 heteroatoms. The maximum absolute atomic E-state index is 12.9. The molecular formula is C11H17FN2. The van der Waals surface area contributed by atoms with E-state index >= 15 is 0 Å². The number of anilines is 1. The van der Waals surface area contributed by atoms with Crippen molar-refractivity contribution < 1.29 is 4.39 Å². The summed E-state index contributed by atoms with van der Waals surface area (Å²) in [5, 5.41) is 6.32. The van der Waals surface area contributed by atoms with Crippen LogP contribution in [0.2, 0.25) is 0 Å². The molecule has 0 bridgehead atoms. The summed E-state index contributed by atoms with van der Waals surface area (Å²) in [6.45, 7) is 3.67. The summed E-state index contributed by atoms with van der Waals surface area (Å²) in [6, 6.07) is 5.09. The second-order valence-electron chi connectivity index (χ2n) is 3.35. The minimum atomic E-state index is -0.147. The lowest BCUT2D eigenvalue weighted by atomic mass is 10.2. The molecule has 1 rings (SSSR count). The summed E-state index contributed by atoms with van der Waals surface area (Å²) in [6.07, 6.45) is 1.06. The van der Waals surface area contributed by atoms with E-state index in [1.807, 2.05) is 13.1 Å². The Hall–Kier alpha value is -1.09. The number of nitrogens with one attached hydrogen (secondary N) is 2. The number of hydrogen-bond donors (Lipinski definition) is 2. The molecule has 0 spiro atoms. The molecule has 0 radical (unpaired) electrons. The van der Waals surface area contributed by atoms with Gasteiger partial charge in [-0.25, -0.2) is 4.39 Å². The fourth-order valence-electron chi connectivity index (χ4n) is 1.25. The topological polar surface area (TPSA) is 24.1 Å². The number of rotatable bonds is 5. The molecule has 0 saturated heterocycles.